The molecule has 0 radical (unpaired) electrons. The van der Waals surface area contributed by atoms with Gasteiger partial charge in [-0.1, -0.05) is 11.6 Å². The lowest BCUT2D eigenvalue weighted by Gasteiger charge is -2.29. The van der Waals surface area contributed by atoms with Crippen molar-refractivity contribution in [1.29, 1.82) is 0 Å². The Morgan fingerprint density at radius 1 is 1.29 bits per heavy atom. The zero-order valence-electron chi connectivity index (χ0n) is 15.6. The molecule has 1 atom stereocenters. The number of aromatic nitrogens is 2. The monoisotopic (exact) mass is 396 g/mol. The summed E-state index contributed by atoms with van der Waals surface area (Å²) in [6.07, 6.45) is 3.78. The van der Waals surface area contributed by atoms with E-state index < -0.39 is 6.10 Å². The molecule has 1 fully saturated rings. The van der Waals surface area contributed by atoms with Crippen LogP contribution in [0.3, 0.4) is 0 Å². The van der Waals surface area contributed by atoms with Crippen molar-refractivity contribution >= 4 is 28.5 Å². The van der Waals surface area contributed by atoms with Crippen LogP contribution in [0.15, 0.2) is 30.6 Å². The number of hydrogen-bond donors (Lipinski definition) is 2. The van der Waals surface area contributed by atoms with E-state index in [1.54, 1.807) is 6.20 Å². The van der Waals surface area contributed by atoms with Crippen LogP contribution in [0.4, 0.5) is 0 Å². The van der Waals surface area contributed by atoms with E-state index in [-0.39, 0.29) is 5.91 Å². The van der Waals surface area contributed by atoms with Gasteiger partial charge in [-0.3, -0.25) is 4.79 Å². The minimum absolute atomic E-state index is 0.0532. The number of halogens is 1. The van der Waals surface area contributed by atoms with Crippen LogP contribution < -0.4 is 10.1 Å². The molecule has 2 N–H and O–H groups in total. The summed E-state index contributed by atoms with van der Waals surface area (Å²) in [5, 5.41) is 4.97. The summed E-state index contributed by atoms with van der Waals surface area (Å²) < 4.78 is 6.23. The number of ether oxygens (including phenoxy) is 1. The van der Waals surface area contributed by atoms with E-state index >= 15 is 0 Å². The van der Waals surface area contributed by atoms with Gasteiger partial charge in [0.25, 0.3) is 5.91 Å². The summed E-state index contributed by atoms with van der Waals surface area (Å²) in [4.78, 5) is 22.4. The number of fused-ring (bicyclic) bond motifs is 2. The summed E-state index contributed by atoms with van der Waals surface area (Å²) in [6.45, 7) is 5.13. The number of nitrogens with one attached hydrogen (secondary N) is 2. The average molecular weight is 397 g/mol. The first-order valence-electron chi connectivity index (χ1n) is 9.53. The Morgan fingerprint density at radius 3 is 2.93 bits per heavy atom. The number of nitrogens with zero attached hydrogens (tertiary/aromatic N) is 2. The van der Waals surface area contributed by atoms with E-state index in [1.807, 2.05) is 36.2 Å². The second kappa shape index (κ2) is 6.79. The van der Waals surface area contributed by atoms with E-state index in [9.17, 15) is 4.79 Å². The van der Waals surface area contributed by atoms with Crippen molar-refractivity contribution in [2.75, 3.05) is 26.2 Å². The summed E-state index contributed by atoms with van der Waals surface area (Å²) in [5.41, 5.74) is 4.84. The van der Waals surface area contributed by atoms with Gasteiger partial charge in [-0.05, 0) is 36.2 Å². The quantitative estimate of drug-likeness (QED) is 0.698. The maximum absolute atomic E-state index is 13.0. The molecule has 1 saturated heterocycles. The summed E-state index contributed by atoms with van der Waals surface area (Å²) in [5.74, 6) is 0.809. The number of carbonyl (C=O) groups is 1. The minimum Gasteiger partial charge on any atom is -0.479 e. The van der Waals surface area contributed by atoms with E-state index in [2.05, 4.69) is 15.3 Å². The van der Waals surface area contributed by atoms with Gasteiger partial charge >= 0.3 is 0 Å². The Labute approximate surface area is 167 Å². The Balaban J connectivity index is 1.55. The molecule has 4 heterocycles. The number of carbonyl (C=O) groups excluding carboxylic acids is 1. The molecule has 0 bridgehead atoms. The van der Waals surface area contributed by atoms with Crippen molar-refractivity contribution in [1.82, 2.24) is 20.2 Å². The summed E-state index contributed by atoms with van der Waals surface area (Å²) >= 11 is 6.44. The van der Waals surface area contributed by atoms with E-state index in [4.69, 9.17) is 16.3 Å². The summed E-state index contributed by atoms with van der Waals surface area (Å²) in [6, 6.07) is 5.80. The van der Waals surface area contributed by atoms with Crippen LogP contribution in [0, 0.1) is 6.92 Å². The smallest absolute Gasteiger partial charge is 0.264 e. The van der Waals surface area contributed by atoms with Gasteiger partial charge < -0.3 is 19.9 Å². The van der Waals surface area contributed by atoms with Gasteiger partial charge in [0.2, 0.25) is 0 Å². The molecule has 5 rings (SSSR count). The number of hydrogen-bond acceptors (Lipinski definition) is 4. The average Bonchev–Trinajstić information content (AvgIpc) is 3.31. The SMILES string of the molecule is Cc1c[nH]c2nccc(-c3cc(Cl)cc4c3O[C@H](C(=O)N3CCNCC3)C4)c12. The van der Waals surface area contributed by atoms with Gasteiger partial charge in [0.15, 0.2) is 6.10 Å². The molecule has 0 aliphatic carbocycles. The topological polar surface area (TPSA) is 70.2 Å². The highest BCUT2D eigenvalue weighted by atomic mass is 35.5. The van der Waals surface area contributed by atoms with Crippen LogP contribution in [0.2, 0.25) is 5.02 Å². The molecule has 2 aliphatic heterocycles. The van der Waals surface area contributed by atoms with Crippen molar-refractivity contribution in [3.8, 4) is 16.9 Å². The predicted octanol–water partition coefficient (Wildman–Crippen LogP) is 2.93. The Hall–Kier alpha value is -2.57. The molecule has 28 heavy (non-hydrogen) atoms. The van der Waals surface area contributed by atoms with Crippen LogP contribution in [0.25, 0.3) is 22.2 Å². The van der Waals surface area contributed by atoms with E-state index in [0.717, 1.165) is 65.2 Å². The zero-order chi connectivity index (χ0) is 19.3. The number of piperazine rings is 1. The molecule has 6 nitrogen and oxygen atoms in total. The predicted molar refractivity (Wildman–Crippen MR) is 109 cm³/mol. The fraction of sp³-hybridized carbons (Fsp3) is 0.333. The highest BCUT2D eigenvalue weighted by molar-refractivity contribution is 6.31. The van der Waals surface area contributed by atoms with Crippen LogP contribution in [0.1, 0.15) is 11.1 Å². The molecule has 2 aliphatic rings. The van der Waals surface area contributed by atoms with Crippen molar-refractivity contribution < 1.29 is 9.53 Å². The van der Waals surface area contributed by atoms with Gasteiger partial charge in [0.1, 0.15) is 11.4 Å². The summed E-state index contributed by atoms with van der Waals surface area (Å²) in [7, 11) is 0. The molecule has 1 amide bonds. The molecule has 144 valence electrons. The number of H-pyrrole nitrogens is 1. The molecule has 1 aromatic carbocycles. The standard InChI is InChI=1S/C21H21ClN4O2/c1-12-11-25-20-18(12)15(2-3-24-20)16-10-14(22)8-13-9-17(28-19(13)16)21(27)26-6-4-23-5-7-26/h2-3,8,10-11,17,23H,4-7,9H2,1H3,(H,24,25)/t17-/m0/s1. The van der Waals surface area contributed by atoms with Crippen LogP contribution in [0.5, 0.6) is 5.75 Å². The van der Waals surface area contributed by atoms with Crippen LogP contribution in [-0.2, 0) is 11.2 Å². The fourth-order valence-corrected chi connectivity index (χ4v) is 4.44. The number of benzene rings is 1. The molecule has 3 aromatic rings. The highest BCUT2D eigenvalue weighted by Crippen LogP contribution is 2.43. The Bertz CT molecular complexity index is 1070. The number of aryl methyl sites for hydroxylation is 1. The third kappa shape index (κ3) is 2.84. The first-order chi connectivity index (χ1) is 13.6. The van der Waals surface area contributed by atoms with E-state index in [1.165, 1.54) is 0 Å². The molecule has 2 aromatic heterocycles. The number of rotatable bonds is 2. The molecule has 0 saturated carbocycles. The Kier molecular flexibility index (Phi) is 4.25. The van der Waals surface area contributed by atoms with E-state index in [0.29, 0.717) is 11.4 Å². The largest absolute Gasteiger partial charge is 0.479 e. The minimum atomic E-state index is -0.491. The van der Waals surface area contributed by atoms with Crippen LogP contribution >= 0.6 is 11.6 Å². The second-order valence-corrected chi connectivity index (χ2v) is 7.82. The van der Waals surface area contributed by atoms with Crippen LogP contribution in [-0.4, -0.2) is 53.1 Å². The van der Waals surface area contributed by atoms with Crippen molar-refractivity contribution in [3.63, 3.8) is 0 Å². The molecule has 7 heteroatoms. The highest BCUT2D eigenvalue weighted by Gasteiger charge is 2.35. The third-order valence-corrected chi connectivity index (χ3v) is 5.78. The lowest BCUT2D eigenvalue weighted by Crippen LogP contribution is -2.50. The second-order valence-electron chi connectivity index (χ2n) is 7.38. The lowest BCUT2D eigenvalue weighted by molar-refractivity contribution is -0.138. The molecular formula is C21H21ClN4O2. The first kappa shape index (κ1) is 17.5. The van der Waals surface area contributed by atoms with Gasteiger partial charge in [-0.25, -0.2) is 4.98 Å². The Morgan fingerprint density at radius 2 is 2.11 bits per heavy atom. The maximum atomic E-state index is 13.0. The van der Waals surface area contributed by atoms with Crippen molar-refractivity contribution in [2.24, 2.45) is 0 Å². The lowest BCUT2D eigenvalue weighted by atomic mass is 9.98. The molecule has 0 spiro atoms. The zero-order valence-corrected chi connectivity index (χ0v) is 16.3. The molecule has 0 unspecified atom stereocenters. The number of amides is 1. The van der Waals surface area contributed by atoms with Gasteiger partial charge in [0, 0.05) is 66.5 Å². The van der Waals surface area contributed by atoms with Gasteiger partial charge in [-0.15, -0.1) is 0 Å². The first-order valence-corrected chi connectivity index (χ1v) is 9.91. The fourth-order valence-electron chi connectivity index (χ4n) is 4.19. The normalized spacial score (nSPS) is 18.9. The number of aromatic amines is 1. The molecular weight excluding hydrogens is 376 g/mol. The third-order valence-electron chi connectivity index (χ3n) is 5.56. The maximum Gasteiger partial charge on any atom is 0.264 e. The van der Waals surface area contributed by atoms with Crippen molar-refractivity contribution in [3.05, 3.63) is 46.7 Å². The van der Waals surface area contributed by atoms with Gasteiger partial charge in [0.05, 0.1) is 0 Å². The number of pyridine rings is 1. The van der Waals surface area contributed by atoms with Gasteiger partial charge in [-0.2, -0.15) is 0 Å². The van der Waals surface area contributed by atoms with Crippen molar-refractivity contribution in [2.45, 2.75) is 19.4 Å².